The Hall–Kier alpha value is -2.41. The van der Waals surface area contributed by atoms with E-state index < -0.39 is 0 Å². The number of hydrogen-bond donors (Lipinski definition) is 1. The van der Waals surface area contributed by atoms with E-state index in [0.29, 0.717) is 29.9 Å². The van der Waals surface area contributed by atoms with Gasteiger partial charge in [0, 0.05) is 13.0 Å². The average molecular weight is 396 g/mol. The molecule has 0 bridgehead atoms. The summed E-state index contributed by atoms with van der Waals surface area (Å²) < 4.78 is 19.1. The molecule has 0 spiro atoms. The third-order valence-electron chi connectivity index (χ3n) is 4.12. The minimum atomic E-state index is -0.358. The standard InChI is InChI=1S/C19H23ClFN3O3/c1-13-17(18(20)24(23-13)15-10-8-14(21)9-11-15)19(26)22-12-6-4-3-5-7-16(25)27-2/h8-11H,3-7,12H2,1-2H3,(H,22,26). The average Bonchev–Trinajstić information content (AvgIpc) is 2.95. The fourth-order valence-electron chi connectivity index (χ4n) is 2.65. The number of unbranched alkanes of at least 4 members (excludes halogenated alkanes) is 3. The molecular weight excluding hydrogens is 373 g/mol. The quantitative estimate of drug-likeness (QED) is 0.517. The zero-order chi connectivity index (χ0) is 19.8. The summed E-state index contributed by atoms with van der Waals surface area (Å²) in [5.74, 6) is -0.852. The van der Waals surface area contributed by atoms with Crippen molar-refractivity contribution < 1.29 is 18.7 Å². The van der Waals surface area contributed by atoms with Crippen LogP contribution in [0.25, 0.3) is 5.69 Å². The van der Waals surface area contributed by atoms with Gasteiger partial charge < -0.3 is 10.1 Å². The summed E-state index contributed by atoms with van der Waals surface area (Å²) in [7, 11) is 1.38. The zero-order valence-corrected chi connectivity index (χ0v) is 16.2. The molecule has 0 saturated carbocycles. The van der Waals surface area contributed by atoms with Crippen LogP contribution in [0, 0.1) is 12.7 Å². The van der Waals surface area contributed by atoms with E-state index in [4.69, 9.17) is 11.6 Å². The first-order valence-corrected chi connectivity index (χ1v) is 9.18. The van der Waals surface area contributed by atoms with Crippen LogP contribution in [0.5, 0.6) is 0 Å². The van der Waals surface area contributed by atoms with Crippen LogP contribution in [-0.4, -0.2) is 35.3 Å². The number of amides is 1. The largest absolute Gasteiger partial charge is 0.469 e. The number of ether oxygens (including phenoxy) is 1. The van der Waals surface area contributed by atoms with Crippen molar-refractivity contribution in [2.45, 2.75) is 39.0 Å². The van der Waals surface area contributed by atoms with Crippen LogP contribution in [0.4, 0.5) is 4.39 Å². The Kier molecular flexibility index (Phi) is 7.79. The van der Waals surface area contributed by atoms with Crippen molar-refractivity contribution in [1.82, 2.24) is 15.1 Å². The third-order valence-corrected chi connectivity index (χ3v) is 4.47. The topological polar surface area (TPSA) is 73.2 Å². The van der Waals surface area contributed by atoms with Crippen molar-refractivity contribution in [1.29, 1.82) is 0 Å². The highest BCUT2D eigenvalue weighted by molar-refractivity contribution is 6.33. The summed E-state index contributed by atoms with van der Waals surface area (Å²) >= 11 is 6.33. The van der Waals surface area contributed by atoms with Crippen LogP contribution >= 0.6 is 11.6 Å². The number of carbonyl (C=O) groups excluding carboxylic acids is 2. The summed E-state index contributed by atoms with van der Waals surface area (Å²) in [6, 6.07) is 5.71. The van der Waals surface area contributed by atoms with E-state index in [1.54, 1.807) is 19.1 Å². The number of aryl methyl sites for hydroxylation is 1. The third kappa shape index (κ3) is 5.79. The Morgan fingerprint density at radius 2 is 1.85 bits per heavy atom. The highest BCUT2D eigenvalue weighted by Gasteiger charge is 2.20. The molecular formula is C19H23ClFN3O3. The number of halogens is 2. The SMILES string of the molecule is COC(=O)CCCCCCNC(=O)c1c(C)nn(-c2ccc(F)cc2)c1Cl. The monoisotopic (exact) mass is 395 g/mol. The number of rotatable bonds is 9. The summed E-state index contributed by atoms with van der Waals surface area (Å²) in [6.45, 7) is 2.21. The summed E-state index contributed by atoms with van der Waals surface area (Å²) in [6.07, 6.45) is 3.79. The molecule has 0 atom stereocenters. The van der Waals surface area contributed by atoms with Crippen molar-refractivity contribution in [3.05, 3.63) is 46.5 Å². The minimum Gasteiger partial charge on any atom is -0.469 e. The zero-order valence-electron chi connectivity index (χ0n) is 15.4. The molecule has 0 aliphatic carbocycles. The predicted octanol–water partition coefficient (Wildman–Crippen LogP) is 3.83. The van der Waals surface area contributed by atoms with Crippen LogP contribution in [0.1, 0.15) is 48.2 Å². The Morgan fingerprint density at radius 1 is 1.19 bits per heavy atom. The van der Waals surface area contributed by atoms with E-state index in [1.807, 2.05) is 0 Å². The molecule has 1 heterocycles. The lowest BCUT2D eigenvalue weighted by atomic mass is 10.1. The second-order valence-electron chi connectivity index (χ2n) is 6.14. The van der Waals surface area contributed by atoms with Gasteiger partial charge in [-0.05, 0) is 44.0 Å². The van der Waals surface area contributed by atoms with Gasteiger partial charge >= 0.3 is 5.97 Å². The maximum atomic E-state index is 13.1. The van der Waals surface area contributed by atoms with Gasteiger partial charge in [0.2, 0.25) is 0 Å². The van der Waals surface area contributed by atoms with Gasteiger partial charge in [0.25, 0.3) is 5.91 Å². The molecule has 8 heteroatoms. The number of aromatic nitrogens is 2. The molecule has 0 saturated heterocycles. The molecule has 1 aromatic heterocycles. The minimum absolute atomic E-state index is 0.190. The molecule has 2 aromatic rings. The number of benzene rings is 1. The van der Waals surface area contributed by atoms with Crippen molar-refractivity contribution in [2.75, 3.05) is 13.7 Å². The van der Waals surface area contributed by atoms with Gasteiger partial charge in [-0.2, -0.15) is 5.10 Å². The normalized spacial score (nSPS) is 10.7. The van der Waals surface area contributed by atoms with Gasteiger partial charge in [0.05, 0.1) is 24.1 Å². The molecule has 0 radical (unpaired) electrons. The molecule has 1 amide bonds. The lowest BCUT2D eigenvalue weighted by molar-refractivity contribution is -0.140. The predicted molar refractivity (Wildman–Crippen MR) is 101 cm³/mol. The maximum Gasteiger partial charge on any atom is 0.305 e. The van der Waals surface area contributed by atoms with Crippen LogP contribution in [0.3, 0.4) is 0 Å². The summed E-state index contributed by atoms with van der Waals surface area (Å²) in [5, 5.41) is 7.31. The van der Waals surface area contributed by atoms with E-state index in [9.17, 15) is 14.0 Å². The number of methoxy groups -OCH3 is 1. The van der Waals surface area contributed by atoms with Gasteiger partial charge in [-0.3, -0.25) is 9.59 Å². The van der Waals surface area contributed by atoms with Gasteiger partial charge in [-0.15, -0.1) is 0 Å². The first-order valence-electron chi connectivity index (χ1n) is 8.80. The molecule has 0 aliphatic rings. The first-order chi connectivity index (χ1) is 12.9. The number of hydrogen-bond acceptors (Lipinski definition) is 4. The second kappa shape index (κ2) is 10.1. The number of nitrogens with one attached hydrogen (secondary N) is 1. The lowest BCUT2D eigenvalue weighted by Crippen LogP contribution is -2.25. The molecule has 146 valence electrons. The molecule has 2 rings (SSSR count). The van der Waals surface area contributed by atoms with Crippen molar-refractivity contribution >= 4 is 23.5 Å². The Morgan fingerprint density at radius 3 is 2.52 bits per heavy atom. The number of carbonyl (C=O) groups is 2. The molecule has 0 fully saturated rings. The van der Waals surface area contributed by atoms with E-state index >= 15 is 0 Å². The molecule has 27 heavy (non-hydrogen) atoms. The van der Waals surface area contributed by atoms with E-state index in [0.717, 1.165) is 25.7 Å². The Bertz CT molecular complexity index is 790. The molecule has 1 N–H and O–H groups in total. The maximum absolute atomic E-state index is 13.1. The van der Waals surface area contributed by atoms with Crippen molar-refractivity contribution in [3.63, 3.8) is 0 Å². The van der Waals surface area contributed by atoms with E-state index in [-0.39, 0.29) is 22.8 Å². The second-order valence-corrected chi connectivity index (χ2v) is 6.49. The molecule has 1 aromatic carbocycles. The van der Waals surface area contributed by atoms with Crippen LogP contribution in [-0.2, 0) is 9.53 Å². The molecule has 6 nitrogen and oxygen atoms in total. The van der Waals surface area contributed by atoms with Gasteiger partial charge in [0.1, 0.15) is 11.0 Å². The summed E-state index contributed by atoms with van der Waals surface area (Å²) in [4.78, 5) is 23.4. The molecule has 0 aliphatic heterocycles. The first kappa shape index (κ1) is 20.9. The van der Waals surface area contributed by atoms with Gasteiger partial charge in [-0.25, -0.2) is 9.07 Å². The van der Waals surface area contributed by atoms with Gasteiger partial charge in [-0.1, -0.05) is 24.4 Å². The fraction of sp³-hybridized carbons (Fsp3) is 0.421. The Labute approximate surface area is 162 Å². The van der Waals surface area contributed by atoms with Crippen molar-refractivity contribution in [3.8, 4) is 5.69 Å². The summed E-state index contributed by atoms with van der Waals surface area (Å²) in [5.41, 5.74) is 1.39. The Balaban J connectivity index is 1.86. The van der Waals surface area contributed by atoms with Crippen molar-refractivity contribution in [2.24, 2.45) is 0 Å². The fourth-order valence-corrected chi connectivity index (χ4v) is 3.01. The van der Waals surface area contributed by atoms with E-state index in [2.05, 4.69) is 15.2 Å². The van der Waals surface area contributed by atoms with E-state index in [1.165, 1.54) is 23.9 Å². The number of esters is 1. The smallest absolute Gasteiger partial charge is 0.305 e. The number of nitrogens with zero attached hydrogens (tertiary/aromatic N) is 2. The molecule has 0 unspecified atom stereocenters. The van der Waals surface area contributed by atoms with Crippen LogP contribution < -0.4 is 5.32 Å². The lowest BCUT2D eigenvalue weighted by Gasteiger charge is -2.06. The van der Waals surface area contributed by atoms with Crippen LogP contribution in [0.2, 0.25) is 5.15 Å². The highest BCUT2D eigenvalue weighted by Crippen LogP contribution is 2.23. The highest BCUT2D eigenvalue weighted by atomic mass is 35.5. The van der Waals surface area contributed by atoms with Crippen LogP contribution in [0.15, 0.2) is 24.3 Å². The van der Waals surface area contributed by atoms with Gasteiger partial charge in [0.15, 0.2) is 0 Å².